The van der Waals surface area contributed by atoms with E-state index in [4.69, 9.17) is 10.5 Å². The van der Waals surface area contributed by atoms with E-state index in [-0.39, 0.29) is 31.4 Å². The van der Waals surface area contributed by atoms with E-state index in [1.54, 1.807) is 12.1 Å². The first-order valence-electron chi connectivity index (χ1n) is 6.35. The van der Waals surface area contributed by atoms with Crippen LogP contribution in [-0.4, -0.2) is 48.3 Å². The number of hydrogen-bond donors (Lipinski definition) is 3. The van der Waals surface area contributed by atoms with Gasteiger partial charge in [-0.05, 0) is 18.6 Å². The number of anilines is 1. The SMILES string of the molecule is CCCNc1ccc(C(=O)NCCOCC(N)=O)nn1. The number of carbonyl (C=O) groups is 2. The van der Waals surface area contributed by atoms with Crippen molar-refractivity contribution in [3.8, 4) is 0 Å². The van der Waals surface area contributed by atoms with Crippen LogP contribution in [0.4, 0.5) is 5.82 Å². The van der Waals surface area contributed by atoms with Crippen molar-refractivity contribution in [2.75, 3.05) is 31.6 Å². The van der Waals surface area contributed by atoms with Gasteiger partial charge in [0.05, 0.1) is 6.61 Å². The van der Waals surface area contributed by atoms with Gasteiger partial charge >= 0.3 is 0 Å². The minimum atomic E-state index is -0.544. The number of primary amides is 1. The van der Waals surface area contributed by atoms with Crippen LogP contribution in [0.25, 0.3) is 0 Å². The van der Waals surface area contributed by atoms with Gasteiger partial charge in [-0.3, -0.25) is 9.59 Å². The smallest absolute Gasteiger partial charge is 0.271 e. The lowest BCUT2D eigenvalue weighted by molar-refractivity contribution is -0.122. The zero-order valence-electron chi connectivity index (χ0n) is 11.4. The maximum Gasteiger partial charge on any atom is 0.271 e. The van der Waals surface area contributed by atoms with Crippen molar-refractivity contribution >= 4 is 17.6 Å². The van der Waals surface area contributed by atoms with E-state index >= 15 is 0 Å². The predicted octanol–water partition coefficient (Wildman–Crippen LogP) is -0.470. The Bertz CT molecular complexity index is 435. The average Bonchev–Trinajstić information content (AvgIpc) is 2.44. The third-order valence-electron chi connectivity index (χ3n) is 2.23. The Hall–Kier alpha value is -2.22. The van der Waals surface area contributed by atoms with Crippen molar-refractivity contribution < 1.29 is 14.3 Å². The van der Waals surface area contributed by atoms with Crippen molar-refractivity contribution in [3.63, 3.8) is 0 Å². The van der Waals surface area contributed by atoms with Gasteiger partial charge in [0.1, 0.15) is 12.4 Å². The topological polar surface area (TPSA) is 119 Å². The molecule has 4 N–H and O–H groups in total. The molecule has 0 spiro atoms. The number of nitrogens with zero attached hydrogens (tertiary/aromatic N) is 2. The van der Waals surface area contributed by atoms with Crippen LogP contribution in [0.5, 0.6) is 0 Å². The Labute approximate surface area is 117 Å². The van der Waals surface area contributed by atoms with E-state index in [1.807, 2.05) is 6.92 Å². The summed E-state index contributed by atoms with van der Waals surface area (Å²) in [5.74, 6) is -0.257. The lowest BCUT2D eigenvalue weighted by atomic mass is 10.3. The van der Waals surface area contributed by atoms with E-state index in [1.165, 1.54) is 0 Å². The molecule has 0 bridgehead atoms. The molecule has 8 nitrogen and oxygen atoms in total. The number of nitrogens with two attached hydrogens (primary N) is 1. The summed E-state index contributed by atoms with van der Waals surface area (Å²) < 4.78 is 4.91. The van der Waals surface area contributed by atoms with Crippen LogP contribution in [0.1, 0.15) is 23.8 Å². The van der Waals surface area contributed by atoms with Gasteiger partial charge in [-0.2, -0.15) is 0 Å². The zero-order valence-corrected chi connectivity index (χ0v) is 11.4. The summed E-state index contributed by atoms with van der Waals surface area (Å²) in [7, 11) is 0. The summed E-state index contributed by atoms with van der Waals surface area (Å²) in [5.41, 5.74) is 5.12. The zero-order chi connectivity index (χ0) is 14.8. The molecule has 0 saturated heterocycles. The lowest BCUT2D eigenvalue weighted by Gasteiger charge is -2.06. The molecule has 0 fully saturated rings. The highest BCUT2D eigenvalue weighted by atomic mass is 16.5. The maximum absolute atomic E-state index is 11.7. The molecule has 0 aliphatic carbocycles. The van der Waals surface area contributed by atoms with Crippen LogP contribution in [0.3, 0.4) is 0 Å². The number of carbonyl (C=O) groups excluding carboxylic acids is 2. The fraction of sp³-hybridized carbons (Fsp3) is 0.500. The summed E-state index contributed by atoms with van der Waals surface area (Å²) in [6.07, 6.45) is 0.981. The average molecular weight is 281 g/mol. The predicted molar refractivity (Wildman–Crippen MR) is 73.2 cm³/mol. The molecule has 2 amide bonds. The minimum absolute atomic E-state index is 0.159. The van der Waals surface area contributed by atoms with Crippen molar-refractivity contribution in [1.29, 1.82) is 0 Å². The van der Waals surface area contributed by atoms with Crippen LogP contribution >= 0.6 is 0 Å². The molecular weight excluding hydrogens is 262 g/mol. The highest BCUT2D eigenvalue weighted by Crippen LogP contribution is 2.01. The van der Waals surface area contributed by atoms with Gasteiger partial charge in [0.15, 0.2) is 5.69 Å². The van der Waals surface area contributed by atoms with E-state index in [0.29, 0.717) is 5.82 Å². The molecule has 8 heteroatoms. The number of rotatable bonds is 9. The molecule has 110 valence electrons. The molecule has 0 atom stereocenters. The summed E-state index contributed by atoms with van der Waals surface area (Å²) >= 11 is 0. The molecule has 1 heterocycles. The van der Waals surface area contributed by atoms with Gasteiger partial charge in [-0.15, -0.1) is 10.2 Å². The summed E-state index contributed by atoms with van der Waals surface area (Å²) in [5, 5.41) is 13.4. The number of aromatic nitrogens is 2. The quantitative estimate of drug-likeness (QED) is 0.526. The molecule has 0 saturated carbocycles. The number of amides is 2. The largest absolute Gasteiger partial charge is 0.370 e. The normalized spacial score (nSPS) is 10.1. The van der Waals surface area contributed by atoms with Gasteiger partial charge < -0.3 is 21.1 Å². The van der Waals surface area contributed by atoms with E-state index in [0.717, 1.165) is 13.0 Å². The molecule has 1 aromatic heterocycles. The van der Waals surface area contributed by atoms with Crippen molar-refractivity contribution in [1.82, 2.24) is 15.5 Å². The van der Waals surface area contributed by atoms with Crippen LogP contribution < -0.4 is 16.4 Å². The Kier molecular flexibility index (Phi) is 6.97. The first-order valence-corrected chi connectivity index (χ1v) is 6.35. The number of nitrogens with one attached hydrogen (secondary N) is 2. The van der Waals surface area contributed by atoms with Gasteiger partial charge in [0, 0.05) is 13.1 Å². The van der Waals surface area contributed by atoms with Crippen molar-refractivity contribution in [2.45, 2.75) is 13.3 Å². The highest BCUT2D eigenvalue weighted by Gasteiger charge is 2.07. The Morgan fingerprint density at radius 2 is 2.10 bits per heavy atom. The molecule has 0 radical (unpaired) electrons. The second kappa shape index (κ2) is 8.81. The first-order chi connectivity index (χ1) is 9.63. The van der Waals surface area contributed by atoms with Crippen molar-refractivity contribution in [2.24, 2.45) is 5.73 Å². The molecule has 0 unspecified atom stereocenters. The second-order valence-corrected chi connectivity index (χ2v) is 4.01. The number of hydrogen-bond acceptors (Lipinski definition) is 6. The summed E-state index contributed by atoms with van der Waals surface area (Å²) in [4.78, 5) is 22.1. The Morgan fingerprint density at radius 1 is 1.30 bits per heavy atom. The van der Waals surface area contributed by atoms with Crippen LogP contribution in [0.2, 0.25) is 0 Å². The fourth-order valence-corrected chi connectivity index (χ4v) is 1.30. The highest BCUT2D eigenvalue weighted by molar-refractivity contribution is 5.92. The molecule has 1 aromatic rings. The maximum atomic E-state index is 11.7. The third kappa shape index (κ3) is 6.10. The van der Waals surface area contributed by atoms with Crippen molar-refractivity contribution in [3.05, 3.63) is 17.8 Å². The van der Waals surface area contributed by atoms with Gasteiger partial charge in [0.25, 0.3) is 5.91 Å². The van der Waals surface area contributed by atoms with Crippen LogP contribution in [-0.2, 0) is 9.53 Å². The van der Waals surface area contributed by atoms with Gasteiger partial charge in [-0.1, -0.05) is 6.92 Å². The number of ether oxygens (including phenoxy) is 1. The van der Waals surface area contributed by atoms with Crippen LogP contribution in [0.15, 0.2) is 12.1 Å². The third-order valence-corrected chi connectivity index (χ3v) is 2.23. The summed E-state index contributed by atoms with van der Waals surface area (Å²) in [6, 6.07) is 3.28. The molecule has 1 rings (SSSR count). The molecule has 0 aromatic carbocycles. The molecule has 0 aliphatic heterocycles. The Balaban J connectivity index is 2.30. The first kappa shape index (κ1) is 15.8. The molecular formula is C12H19N5O3. The standard InChI is InChI=1S/C12H19N5O3/c1-2-5-14-11-4-3-9(16-17-11)12(19)15-6-7-20-8-10(13)18/h3-4H,2,5-8H2,1H3,(H2,13,18)(H,14,17)(H,15,19). The van der Waals surface area contributed by atoms with E-state index in [2.05, 4.69) is 20.8 Å². The van der Waals surface area contributed by atoms with E-state index in [9.17, 15) is 9.59 Å². The lowest BCUT2D eigenvalue weighted by Crippen LogP contribution is -2.29. The van der Waals surface area contributed by atoms with Gasteiger partial charge in [0.2, 0.25) is 5.91 Å². The summed E-state index contributed by atoms with van der Waals surface area (Å²) in [6.45, 7) is 3.16. The van der Waals surface area contributed by atoms with Crippen LogP contribution in [0, 0.1) is 0 Å². The fourth-order valence-electron chi connectivity index (χ4n) is 1.30. The van der Waals surface area contributed by atoms with Gasteiger partial charge in [-0.25, -0.2) is 0 Å². The second-order valence-electron chi connectivity index (χ2n) is 4.01. The molecule has 20 heavy (non-hydrogen) atoms. The molecule has 0 aliphatic rings. The van der Waals surface area contributed by atoms with E-state index < -0.39 is 5.91 Å². The Morgan fingerprint density at radius 3 is 2.70 bits per heavy atom. The monoisotopic (exact) mass is 281 g/mol. The minimum Gasteiger partial charge on any atom is -0.370 e.